The van der Waals surface area contributed by atoms with Gasteiger partial charge in [0.1, 0.15) is 12.7 Å². The van der Waals surface area contributed by atoms with Gasteiger partial charge in [-0.3, -0.25) is 9.59 Å². The van der Waals surface area contributed by atoms with E-state index < -0.39 is 5.91 Å². The molecule has 0 spiro atoms. The molecule has 0 heterocycles. The normalized spacial score (nSPS) is 12.5. The van der Waals surface area contributed by atoms with E-state index in [0.717, 1.165) is 25.7 Å². The molecule has 130 valence electrons. The third-order valence-corrected chi connectivity index (χ3v) is 3.01. The van der Waals surface area contributed by atoms with Crippen molar-refractivity contribution in [2.24, 2.45) is 5.73 Å². The molecule has 0 saturated carbocycles. The van der Waals surface area contributed by atoms with Crippen molar-refractivity contribution < 1.29 is 25.2 Å². The monoisotopic (exact) mass is 319 g/mol. The van der Waals surface area contributed by atoms with Gasteiger partial charge in [-0.1, -0.05) is 26.7 Å². The molecule has 2 N–H and O–H groups in total. The third-order valence-electron chi connectivity index (χ3n) is 3.01. The average Bonchev–Trinajstić information content (AvgIpc) is 2.55. The Morgan fingerprint density at radius 2 is 1.77 bits per heavy atom. The lowest BCUT2D eigenvalue weighted by atomic mass is 10.2. The van der Waals surface area contributed by atoms with Crippen LogP contribution in [0.4, 0.5) is 0 Å². The SMILES string of the molecule is [3H]NC(=O)CCCC(=O)OCC(COCCCC)OCCCC. The predicted octanol–water partition coefficient (Wildman–Crippen LogP) is 2.19. The number of hydrogen-bond donors (Lipinski definition) is 1. The van der Waals surface area contributed by atoms with E-state index in [1.807, 2.05) is 0 Å². The highest BCUT2D eigenvalue weighted by atomic mass is 16.6. The fourth-order valence-corrected chi connectivity index (χ4v) is 1.65. The summed E-state index contributed by atoms with van der Waals surface area (Å²) in [6.07, 6.45) is 4.50. The molecule has 0 aliphatic carbocycles. The van der Waals surface area contributed by atoms with Gasteiger partial charge in [0.15, 0.2) is 1.41 Å². The molecule has 22 heavy (non-hydrogen) atoms. The Labute approximate surface area is 135 Å². The number of carbonyl (C=O) groups excluding carboxylic acids is 2. The van der Waals surface area contributed by atoms with E-state index in [-0.39, 0.29) is 31.5 Å². The summed E-state index contributed by atoms with van der Waals surface area (Å²) in [6, 6.07) is 0. The molecule has 0 rings (SSSR count). The van der Waals surface area contributed by atoms with E-state index >= 15 is 0 Å². The number of unbranched alkanes of at least 4 members (excludes halogenated alkanes) is 2. The van der Waals surface area contributed by atoms with Gasteiger partial charge in [0, 0.05) is 26.1 Å². The van der Waals surface area contributed by atoms with Gasteiger partial charge in [-0.2, -0.15) is 0 Å². The van der Waals surface area contributed by atoms with Gasteiger partial charge in [-0.25, -0.2) is 0 Å². The molecule has 6 heteroatoms. The number of esters is 1. The van der Waals surface area contributed by atoms with E-state index in [2.05, 4.69) is 13.8 Å². The first-order chi connectivity index (χ1) is 11.1. The zero-order chi connectivity index (χ0) is 17.3. The lowest BCUT2D eigenvalue weighted by molar-refractivity contribution is -0.150. The third kappa shape index (κ3) is 13.8. The number of hydrogen-bond acceptors (Lipinski definition) is 5. The maximum atomic E-state index is 11.6. The number of ether oxygens (including phenoxy) is 3. The van der Waals surface area contributed by atoms with Gasteiger partial charge >= 0.3 is 5.97 Å². The summed E-state index contributed by atoms with van der Waals surface area (Å²) < 4.78 is 23.1. The molecule has 1 atom stereocenters. The van der Waals surface area contributed by atoms with Crippen LogP contribution in [0.15, 0.2) is 0 Å². The molecule has 0 aromatic rings. The zero-order valence-corrected chi connectivity index (χ0v) is 13.9. The fourth-order valence-electron chi connectivity index (χ4n) is 1.65. The van der Waals surface area contributed by atoms with Crippen molar-refractivity contribution in [1.29, 1.82) is 0 Å². The van der Waals surface area contributed by atoms with Crippen LogP contribution in [0.25, 0.3) is 0 Å². The average molecular weight is 319 g/mol. The number of amides is 1. The van der Waals surface area contributed by atoms with Gasteiger partial charge in [-0.05, 0) is 19.3 Å². The van der Waals surface area contributed by atoms with Crippen LogP contribution >= 0.6 is 0 Å². The molecule has 1 amide bonds. The van der Waals surface area contributed by atoms with Gasteiger partial charge in [0.2, 0.25) is 5.91 Å². The molecule has 6 nitrogen and oxygen atoms in total. The Morgan fingerprint density at radius 3 is 2.45 bits per heavy atom. The van der Waals surface area contributed by atoms with E-state index in [1.54, 1.807) is 5.73 Å². The molecule has 0 aromatic carbocycles. The topological polar surface area (TPSA) is 87.9 Å². The van der Waals surface area contributed by atoms with E-state index in [4.69, 9.17) is 15.6 Å². The molecule has 0 saturated heterocycles. The minimum atomic E-state index is -0.400. The first kappa shape index (κ1) is 18.9. The maximum absolute atomic E-state index is 11.6. The Bertz CT molecular complexity index is 315. The van der Waals surface area contributed by atoms with Crippen molar-refractivity contribution >= 4 is 11.9 Å². The van der Waals surface area contributed by atoms with Crippen LogP contribution in [0, 0.1) is 0 Å². The summed E-state index contributed by atoms with van der Waals surface area (Å²) in [6.45, 7) is 6.07. The minimum absolute atomic E-state index is 0.148. The summed E-state index contributed by atoms with van der Waals surface area (Å²) in [5.41, 5.74) is 1.77. The first-order valence-corrected chi connectivity index (χ1v) is 8.19. The van der Waals surface area contributed by atoms with Gasteiger partial charge < -0.3 is 19.9 Å². The molecule has 0 aliphatic heterocycles. The second-order valence-corrected chi connectivity index (χ2v) is 5.23. The standard InChI is InChI=1S/C16H31NO5/c1-3-5-10-20-12-14(21-11-6-4-2)13-22-16(19)9-7-8-15(17)18/h14H,3-13H2,1-2H3,(H2,17,18)/i/hT. The van der Waals surface area contributed by atoms with Crippen LogP contribution in [0.2, 0.25) is 1.41 Å². The van der Waals surface area contributed by atoms with Crippen LogP contribution in [-0.2, 0) is 23.8 Å². The summed E-state index contributed by atoms with van der Waals surface area (Å²) >= 11 is 0. The van der Waals surface area contributed by atoms with E-state index in [9.17, 15) is 9.59 Å². The Hall–Kier alpha value is -1.14. The van der Waals surface area contributed by atoms with Gasteiger partial charge in [0.05, 0.1) is 6.61 Å². The van der Waals surface area contributed by atoms with Crippen LogP contribution in [0.3, 0.4) is 0 Å². The molecule has 0 aliphatic rings. The Balaban J connectivity index is 3.94. The smallest absolute Gasteiger partial charge is 0.305 e. The van der Waals surface area contributed by atoms with Crippen molar-refractivity contribution in [1.82, 2.24) is 0 Å². The highest BCUT2D eigenvalue weighted by molar-refractivity contribution is 5.75. The fraction of sp³-hybridized carbons (Fsp3) is 0.875. The summed E-state index contributed by atoms with van der Waals surface area (Å²) in [7, 11) is 0. The van der Waals surface area contributed by atoms with E-state index in [1.165, 1.54) is 0 Å². The quantitative estimate of drug-likeness (QED) is 0.369. The molecular formula is C16H31NO5. The first-order valence-electron chi connectivity index (χ1n) is 8.69. The molecule has 0 bridgehead atoms. The number of primary amides is 1. The summed E-state index contributed by atoms with van der Waals surface area (Å²) in [4.78, 5) is 22.5. The van der Waals surface area contributed by atoms with Crippen molar-refractivity contribution in [3.05, 3.63) is 0 Å². The highest BCUT2D eigenvalue weighted by Crippen LogP contribution is 2.03. The molecule has 0 fully saturated rings. The zero-order valence-electron chi connectivity index (χ0n) is 14.9. The molecule has 1 unspecified atom stereocenters. The molecule has 0 aromatic heterocycles. The van der Waals surface area contributed by atoms with Gasteiger partial charge in [-0.15, -0.1) is 0 Å². The lowest BCUT2D eigenvalue weighted by Gasteiger charge is -2.18. The second kappa shape index (κ2) is 14.8. The Kier molecular flexibility index (Phi) is 12.7. The highest BCUT2D eigenvalue weighted by Gasteiger charge is 2.13. The number of rotatable bonds is 15. The van der Waals surface area contributed by atoms with E-state index in [0.29, 0.717) is 26.2 Å². The van der Waals surface area contributed by atoms with Crippen molar-refractivity contribution in [2.45, 2.75) is 64.9 Å². The summed E-state index contributed by atoms with van der Waals surface area (Å²) in [5, 5.41) is 0. The maximum Gasteiger partial charge on any atom is 0.305 e. The minimum Gasteiger partial charge on any atom is -0.463 e. The number of nitrogens with two attached hydrogens (primary N) is 1. The van der Waals surface area contributed by atoms with Crippen LogP contribution in [-0.4, -0.2) is 44.4 Å². The van der Waals surface area contributed by atoms with Crippen molar-refractivity contribution in [3.63, 3.8) is 0 Å². The largest absolute Gasteiger partial charge is 0.463 e. The van der Waals surface area contributed by atoms with Crippen molar-refractivity contribution in [3.8, 4) is 0 Å². The van der Waals surface area contributed by atoms with Gasteiger partial charge in [0.25, 0.3) is 0 Å². The van der Waals surface area contributed by atoms with Crippen molar-refractivity contribution in [2.75, 3.05) is 26.4 Å². The predicted molar refractivity (Wildman–Crippen MR) is 84.4 cm³/mol. The van der Waals surface area contributed by atoms with Crippen LogP contribution in [0.5, 0.6) is 0 Å². The van der Waals surface area contributed by atoms with Crippen LogP contribution in [0.1, 0.15) is 58.8 Å². The molecule has 0 radical (unpaired) electrons. The number of carbonyl (C=O) groups is 2. The second-order valence-electron chi connectivity index (χ2n) is 5.23. The summed E-state index contributed by atoms with van der Waals surface area (Å²) in [5.74, 6) is -0.761. The lowest BCUT2D eigenvalue weighted by Crippen LogP contribution is -2.28. The Morgan fingerprint density at radius 1 is 1.05 bits per heavy atom. The van der Waals surface area contributed by atoms with Crippen LogP contribution < -0.4 is 5.73 Å². The molecular weight excluding hydrogens is 286 g/mol.